The molecule has 0 atom stereocenters. The van der Waals surface area contributed by atoms with Crippen LogP contribution in [0.15, 0.2) is 31.4 Å². The van der Waals surface area contributed by atoms with Gasteiger partial charge in [0.15, 0.2) is 0 Å². The fourth-order valence-electron chi connectivity index (χ4n) is 2.05. The summed E-state index contributed by atoms with van der Waals surface area (Å²) in [5, 5.41) is 6.79. The molecule has 8 heteroatoms. The van der Waals surface area contributed by atoms with Gasteiger partial charge >= 0.3 is 0 Å². The molecule has 0 fully saturated rings. The first-order valence-electron chi connectivity index (χ1n) is 6.66. The number of aryl methyl sites for hydroxylation is 2. The molecule has 1 aromatic heterocycles. The highest BCUT2D eigenvalue weighted by atomic mass is 32.2. The Balaban J connectivity index is 1.56. The van der Waals surface area contributed by atoms with Gasteiger partial charge in [-0.3, -0.25) is 4.79 Å². The first-order chi connectivity index (χ1) is 10.6. The largest absolute Gasteiger partial charge is 0.361 e. The maximum absolute atomic E-state index is 12.1. The van der Waals surface area contributed by atoms with E-state index >= 15 is 0 Å². The molecule has 2 heterocycles. The third kappa shape index (κ3) is 3.12. The van der Waals surface area contributed by atoms with E-state index in [1.54, 1.807) is 0 Å². The summed E-state index contributed by atoms with van der Waals surface area (Å²) >= 11 is 2.67. The van der Waals surface area contributed by atoms with E-state index in [0.29, 0.717) is 17.2 Å². The number of hydrogen-bond acceptors (Lipinski definition) is 6. The number of rotatable bonds is 5. The van der Waals surface area contributed by atoms with E-state index in [9.17, 15) is 4.79 Å². The van der Waals surface area contributed by atoms with E-state index in [1.165, 1.54) is 11.8 Å². The van der Waals surface area contributed by atoms with Gasteiger partial charge in [-0.15, -0.1) is 11.8 Å². The van der Waals surface area contributed by atoms with Crippen molar-refractivity contribution in [3.05, 3.63) is 35.2 Å². The van der Waals surface area contributed by atoms with Crippen molar-refractivity contribution < 1.29 is 9.32 Å². The number of aromatic nitrogens is 1. The molecule has 1 N–H and O–H groups in total. The average molecular weight is 334 g/mol. The summed E-state index contributed by atoms with van der Waals surface area (Å²) in [4.78, 5) is 12.1. The molecule has 1 aromatic carbocycles. The van der Waals surface area contributed by atoms with Crippen molar-refractivity contribution in [3.8, 4) is 0 Å². The SMILES string of the molecule is Cc1noc(C)c1CSCC(=O)Nc1cccc2c1N=S=N2. The lowest BCUT2D eigenvalue weighted by atomic mass is 10.2. The van der Waals surface area contributed by atoms with Gasteiger partial charge in [-0.2, -0.15) is 8.73 Å². The highest BCUT2D eigenvalue weighted by Gasteiger charge is 2.14. The minimum absolute atomic E-state index is 0.0581. The predicted molar refractivity (Wildman–Crippen MR) is 88.8 cm³/mol. The maximum atomic E-state index is 12.1. The number of nitrogens with zero attached hydrogens (tertiary/aromatic N) is 3. The number of nitrogens with one attached hydrogen (secondary N) is 1. The number of benzene rings is 1. The van der Waals surface area contributed by atoms with Crippen LogP contribution in [0.2, 0.25) is 0 Å². The summed E-state index contributed by atoms with van der Waals surface area (Å²) in [7, 11) is 0. The van der Waals surface area contributed by atoms with Gasteiger partial charge in [0.25, 0.3) is 0 Å². The zero-order valence-corrected chi connectivity index (χ0v) is 13.8. The standard InChI is InChI=1S/C14H14N4O2S2/c1-8-10(9(2)20-16-8)6-21-7-13(19)15-11-4-3-5-12-14(11)18-22-17-12/h3-5H,6-7H2,1-2H3,(H,15,19). The molecule has 0 bridgehead atoms. The summed E-state index contributed by atoms with van der Waals surface area (Å²) in [5.41, 5.74) is 4.17. The number of thioether (sulfide) groups is 1. The molecule has 0 radical (unpaired) electrons. The first kappa shape index (κ1) is 15.0. The Morgan fingerprint density at radius 3 is 3.00 bits per heavy atom. The highest BCUT2D eigenvalue weighted by molar-refractivity contribution is 7.99. The smallest absolute Gasteiger partial charge is 0.234 e. The Kier molecular flexibility index (Phi) is 4.39. The van der Waals surface area contributed by atoms with E-state index < -0.39 is 0 Å². The van der Waals surface area contributed by atoms with Crippen LogP contribution in [0.4, 0.5) is 17.1 Å². The van der Waals surface area contributed by atoms with Crippen LogP contribution in [-0.2, 0) is 21.9 Å². The van der Waals surface area contributed by atoms with E-state index in [4.69, 9.17) is 4.52 Å². The molecule has 1 aliphatic rings. The molecule has 22 heavy (non-hydrogen) atoms. The lowest BCUT2D eigenvalue weighted by molar-refractivity contribution is -0.113. The number of carbonyl (C=O) groups is 1. The van der Waals surface area contributed by atoms with E-state index in [2.05, 4.69) is 19.2 Å². The van der Waals surface area contributed by atoms with Gasteiger partial charge in [-0.25, -0.2) is 0 Å². The highest BCUT2D eigenvalue weighted by Crippen LogP contribution is 2.38. The molecule has 0 unspecified atom stereocenters. The van der Waals surface area contributed by atoms with Crippen LogP contribution >= 0.6 is 11.8 Å². The van der Waals surface area contributed by atoms with Gasteiger partial charge in [-0.1, -0.05) is 11.2 Å². The minimum atomic E-state index is -0.0581. The number of fused-ring (bicyclic) bond motifs is 1. The minimum Gasteiger partial charge on any atom is -0.361 e. The zero-order chi connectivity index (χ0) is 15.5. The summed E-state index contributed by atoms with van der Waals surface area (Å²) in [5.74, 6) is 1.82. The van der Waals surface area contributed by atoms with Gasteiger partial charge in [0, 0.05) is 11.3 Å². The fourth-order valence-corrected chi connectivity index (χ4v) is 3.57. The van der Waals surface area contributed by atoms with Crippen molar-refractivity contribution in [1.82, 2.24) is 5.16 Å². The van der Waals surface area contributed by atoms with Crippen molar-refractivity contribution >= 4 is 46.1 Å². The van der Waals surface area contributed by atoms with Crippen LogP contribution in [0.1, 0.15) is 17.0 Å². The Hall–Kier alpha value is -1.93. The topological polar surface area (TPSA) is 79.9 Å². The average Bonchev–Trinajstić information content (AvgIpc) is 3.09. The number of amides is 1. The summed E-state index contributed by atoms with van der Waals surface area (Å²) in [6.45, 7) is 3.79. The molecule has 0 spiro atoms. The lowest BCUT2D eigenvalue weighted by Gasteiger charge is -2.07. The molecular weight excluding hydrogens is 320 g/mol. The fraction of sp³-hybridized carbons (Fsp3) is 0.286. The van der Waals surface area contributed by atoms with Crippen LogP contribution in [0.25, 0.3) is 0 Å². The molecule has 3 rings (SSSR count). The van der Waals surface area contributed by atoms with Crippen molar-refractivity contribution in [2.75, 3.05) is 11.1 Å². The number of anilines is 1. The molecule has 0 aliphatic carbocycles. The Morgan fingerprint density at radius 2 is 2.23 bits per heavy atom. The van der Waals surface area contributed by atoms with Gasteiger partial charge in [0.2, 0.25) is 5.91 Å². The van der Waals surface area contributed by atoms with Crippen LogP contribution in [0.5, 0.6) is 0 Å². The van der Waals surface area contributed by atoms with E-state index in [-0.39, 0.29) is 5.91 Å². The van der Waals surface area contributed by atoms with Crippen LogP contribution in [0.3, 0.4) is 0 Å². The lowest BCUT2D eigenvalue weighted by Crippen LogP contribution is -2.14. The van der Waals surface area contributed by atoms with Crippen molar-refractivity contribution in [1.29, 1.82) is 0 Å². The van der Waals surface area contributed by atoms with Crippen molar-refractivity contribution in [3.63, 3.8) is 0 Å². The zero-order valence-electron chi connectivity index (χ0n) is 12.1. The molecule has 114 valence electrons. The van der Waals surface area contributed by atoms with Gasteiger partial charge < -0.3 is 9.84 Å². The number of hydrogen-bond donors (Lipinski definition) is 1. The van der Waals surface area contributed by atoms with Crippen LogP contribution in [0, 0.1) is 13.8 Å². The van der Waals surface area contributed by atoms with Crippen LogP contribution < -0.4 is 5.32 Å². The Labute approximate surface area is 135 Å². The molecular formula is C14H14N4O2S2. The molecule has 0 saturated heterocycles. The Morgan fingerprint density at radius 1 is 1.36 bits per heavy atom. The third-order valence-electron chi connectivity index (χ3n) is 3.22. The summed E-state index contributed by atoms with van der Waals surface area (Å²) in [6.07, 6.45) is 0. The second-order valence-electron chi connectivity index (χ2n) is 4.78. The third-order valence-corrected chi connectivity index (χ3v) is 4.72. The molecule has 2 aromatic rings. The van der Waals surface area contributed by atoms with Gasteiger partial charge in [-0.05, 0) is 26.0 Å². The molecule has 1 aliphatic heterocycles. The second-order valence-corrected chi connectivity index (χ2v) is 6.30. The van der Waals surface area contributed by atoms with Crippen molar-refractivity contribution in [2.24, 2.45) is 8.73 Å². The van der Waals surface area contributed by atoms with Gasteiger partial charge in [0.05, 0.1) is 28.5 Å². The van der Waals surface area contributed by atoms with Gasteiger partial charge in [0.1, 0.15) is 17.1 Å². The van der Waals surface area contributed by atoms with E-state index in [0.717, 1.165) is 39.7 Å². The maximum Gasteiger partial charge on any atom is 0.234 e. The van der Waals surface area contributed by atoms with E-state index in [1.807, 2.05) is 32.0 Å². The summed E-state index contributed by atoms with van der Waals surface area (Å²) < 4.78 is 13.5. The Bertz CT molecular complexity index is 775. The summed E-state index contributed by atoms with van der Waals surface area (Å²) in [6, 6.07) is 5.57. The molecule has 1 amide bonds. The predicted octanol–water partition coefficient (Wildman–Crippen LogP) is 3.89. The quantitative estimate of drug-likeness (QED) is 0.767. The first-order valence-corrected chi connectivity index (χ1v) is 8.54. The molecule has 6 nitrogen and oxygen atoms in total. The second kappa shape index (κ2) is 6.45. The van der Waals surface area contributed by atoms with Crippen molar-refractivity contribution in [2.45, 2.75) is 19.6 Å². The molecule has 0 saturated carbocycles. The monoisotopic (exact) mass is 334 g/mol. The number of carbonyl (C=O) groups excluding carboxylic acids is 1. The normalized spacial score (nSPS) is 12.1. The van der Waals surface area contributed by atoms with Crippen LogP contribution in [-0.4, -0.2) is 16.8 Å².